The molecule has 158 valence electrons. The summed E-state index contributed by atoms with van der Waals surface area (Å²) in [5.74, 6) is 1.84. The van der Waals surface area contributed by atoms with E-state index in [1.807, 2.05) is 6.07 Å². The summed E-state index contributed by atoms with van der Waals surface area (Å²) in [5, 5.41) is 10.5. The first-order valence-electron chi connectivity index (χ1n) is 10.9. The Labute approximate surface area is 179 Å². The summed E-state index contributed by atoms with van der Waals surface area (Å²) in [6.07, 6.45) is 8.00. The van der Waals surface area contributed by atoms with Crippen molar-refractivity contribution in [1.82, 2.24) is 15.0 Å². The van der Waals surface area contributed by atoms with Gasteiger partial charge in [-0.3, -0.25) is 0 Å². The molecule has 0 radical (unpaired) electrons. The molecule has 30 heavy (non-hydrogen) atoms. The molecule has 2 aromatic carbocycles. The van der Waals surface area contributed by atoms with Gasteiger partial charge in [-0.1, -0.05) is 58.2 Å². The summed E-state index contributed by atoms with van der Waals surface area (Å²) < 4.78 is 5.76. The highest BCUT2D eigenvalue weighted by molar-refractivity contribution is 5.68. The van der Waals surface area contributed by atoms with Gasteiger partial charge in [0.25, 0.3) is 0 Å². The second-order valence-corrected chi connectivity index (χ2v) is 7.42. The van der Waals surface area contributed by atoms with Crippen molar-refractivity contribution >= 4 is 0 Å². The largest absolute Gasteiger partial charge is 0.507 e. The zero-order chi connectivity index (χ0) is 21.3. The second kappa shape index (κ2) is 10.7. The maximum absolute atomic E-state index is 10.5. The van der Waals surface area contributed by atoms with Crippen LogP contribution in [0.3, 0.4) is 0 Å². The van der Waals surface area contributed by atoms with E-state index in [1.54, 1.807) is 12.1 Å². The minimum absolute atomic E-state index is 0.107. The van der Waals surface area contributed by atoms with E-state index in [0.717, 1.165) is 31.2 Å². The fraction of sp³-hybridized carbons (Fsp3) is 0.400. The standard InChI is InChI=1S/C25H31N3O2/c1-4-7-8-9-14-30-20-11-13-22(23(29)16-20)25-27-17-26-24(28-25)21-12-10-18(5-2)15-19(21)6-3/h10-13,15-17,29H,4-9,14H2,1-3H3. The molecule has 5 heteroatoms. The highest BCUT2D eigenvalue weighted by Crippen LogP contribution is 2.31. The Balaban J connectivity index is 1.81. The maximum Gasteiger partial charge on any atom is 0.167 e. The number of unbranched alkanes of at least 4 members (excludes halogenated alkanes) is 3. The van der Waals surface area contributed by atoms with Crippen LogP contribution in [0.15, 0.2) is 42.7 Å². The van der Waals surface area contributed by atoms with E-state index in [0.29, 0.717) is 29.6 Å². The third-order valence-electron chi connectivity index (χ3n) is 5.25. The van der Waals surface area contributed by atoms with Gasteiger partial charge in [0.1, 0.15) is 17.8 Å². The smallest absolute Gasteiger partial charge is 0.167 e. The van der Waals surface area contributed by atoms with Gasteiger partial charge in [-0.25, -0.2) is 15.0 Å². The molecule has 0 unspecified atom stereocenters. The molecular weight excluding hydrogens is 374 g/mol. The topological polar surface area (TPSA) is 68.1 Å². The summed E-state index contributed by atoms with van der Waals surface area (Å²) in [5.41, 5.74) is 4.08. The van der Waals surface area contributed by atoms with Gasteiger partial charge >= 0.3 is 0 Å². The van der Waals surface area contributed by atoms with E-state index >= 15 is 0 Å². The summed E-state index contributed by atoms with van der Waals surface area (Å²) in [4.78, 5) is 13.3. The van der Waals surface area contributed by atoms with Crippen molar-refractivity contribution in [1.29, 1.82) is 0 Å². The van der Waals surface area contributed by atoms with Crippen molar-refractivity contribution in [2.45, 2.75) is 59.3 Å². The molecule has 1 heterocycles. The van der Waals surface area contributed by atoms with E-state index in [2.05, 4.69) is 53.9 Å². The van der Waals surface area contributed by atoms with Gasteiger partial charge in [-0.15, -0.1) is 0 Å². The van der Waals surface area contributed by atoms with Crippen LogP contribution in [-0.4, -0.2) is 26.7 Å². The number of rotatable bonds is 10. The molecule has 5 nitrogen and oxygen atoms in total. The van der Waals surface area contributed by atoms with Crippen molar-refractivity contribution < 1.29 is 9.84 Å². The Kier molecular flexibility index (Phi) is 7.77. The summed E-state index contributed by atoms with van der Waals surface area (Å²) in [7, 11) is 0. The second-order valence-electron chi connectivity index (χ2n) is 7.42. The van der Waals surface area contributed by atoms with Crippen molar-refractivity contribution in [2.75, 3.05) is 6.61 Å². The van der Waals surface area contributed by atoms with Gasteiger partial charge in [0.2, 0.25) is 0 Å². The third kappa shape index (κ3) is 5.35. The third-order valence-corrected chi connectivity index (χ3v) is 5.25. The highest BCUT2D eigenvalue weighted by Gasteiger charge is 2.13. The Bertz CT molecular complexity index is 972. The molecule has 1 aromatic heterocycles. The first-order chi connectivity index (χ1) is 14.7. The molecule has 0 fully saturated rings. The summed E-state index contributed by atoms with van der Waals surface area (Å²) in [6.45, 7) is 7.12. The fourth-order valence-corrected chi connectivity index (χ4v) is 3.44. The number of phenols is 1. The number of aromatic hydroxyl groups is 1. The Morgan fingerprint density at radius 3 is 2.30 bits per heavy atom. The molecule has 0 spiro atoms. The van der Waals surface area contributed by atoms with Gasteiger partial charge in [0, 0.05) is 11.6 Å². The predicted molar refractivity (Wildman–Crippen MR) is 121 cm³/mol. The zero-order valence-electron chi connectivity index (χ0n) is 18.2. The van der Waals surface area contributed by atoms with E-state index in [1.165, 1.54) is 30.3 Å². The Hall–Kier alpha value is -2.95. The summed E-state index contributed by atoms with van der Waals surface area (Å²) >= 11 is 0. The number of benzene rings is 2. The van der Waals surface area contributed by atoms with Gasteiger partial charge in [-0.2, -0.15) is 0 Å². The van der Waals surface area contributed by atoms with Crippen molar-refractivity contribution in [2.24, 2.45) is 0 Å². The number of aromatic nitrogens is 3. The first-order valence-corrected chi connectivity index (χ1v) is 10.9. The van der Waals surface area contributed by atoms with Crippen LogP contribution in [-0.2, 0) is 12.8 Å². The SMILES string of the molecule is CCCCCCOc1ccc(-c2ncnc(-c3ccc(CC)cc3CC)n2)c(O)c1. The molecule has 0 aliphatic carbocycles. The lowest BCUT2D eigenvalue weighted by Crippen LogP contribution is -2.00. The molecular formula is C25H31N3O2. The van der Waals surface area contributed by atoms with Crippen LogP contribution in [0.4, 0.5) is 0 Å². The van der Waals surface area contributed by atoms with Crippen LogP contribution < -0.4 is 4.74 Å². The highest BCUT2D eigenvalue weighted by atomic mass is 16.5. The number of hydrogen-bond acceptors (Lipinski definition) is 5. The van der Waals surface area contributed by atoms with Crippen LogP contribution in [0, 0.1) is 0 Å². The first kappa shape index (κ1) is 21.8. The monoisotopic (exact) mass is 405 g/mol. The predicted octanol–water partition coefficient (Wildman–Crippen LogP) is 6.00. The van der Waals surface area contributed by atoms with Crippen LogP contribution >= 0.6 is 0 Å². The minimum Gasteiger partial charge on any atom is -0.507 e. The molecule has 0 saturated carbocycles. The van der Waals surface area contributed by atoms with Crippen LogP contribution in [0.2, 0.25) is 0 Å². The molecule has 0 saturated heterocycles. The van der Waals surface area contributed by atoms with E-state index in [4.69, 9.17) is 4.74 Å². The van der Waals surface area contributed by atoms with Gasteiger partial charge in [0.05, 0.1) is 12.2 Å². The van der Waals surface area contributed by atoms with E-state index in [9.17, 15) is 5.11 Å². The lowest BCUT2D eigenvalue weighted by Gasteiger charge is -2.11. The lowest BCUT2D eigenvalue weighted by atomic mass is 10.00. The summed E-state index contributed by atoms with van der Waals surface area (Å²) in [6, 6.07) is 11.7. The fourth-order valence-electron chi connectivity index (χ4n) is 3.44. The Morgan fingerprint density at radius 1 is 0.833 bits per heavy atom. The molecule has 3 aromatic rings. The lowest BCUT2D eigenvalue weighted by molar-refractivity contribution is 0.303. The zero-order valence-corrected chi connectivity index (χ0v) is 18.2. The Morgan fingerprint density at radius 2 is 1.60 bits per heavy atom. The molecule has 0 bridgehead atoms. The maximum atomic E-state index is 10.5. The molecule has 0 amide bonds. The number of phenolic OH excluding ortho intramolecular Hbond substituents is 1. The van der Waals surface area contributed by atoms with Gasteiger partial charge in [-0.05, 0) is 42.5 Å². The average molecular weight is 406 g/mol. The number of nitrogens with zero attached hydrogens (tertiary/aromatic N) is 3. The van der Waals surface area contributed by atoms with Crippen molar-refractivity contribution in [3.63, 3.8) is 0 Å². The normalized spacial score (nSPS) is 10.9. The molecule has 0 atom stereocenters. The number of aryl methyl sites for hydroxylation is 2. The number of hydrogen-bond donors (Lipinski definition) is 1. The van der Waals surface area contributed by atoms with Crippen LogP contribution in [0.5, 0.6) is 11.5 Å². The van der Waals surface area contributed by atoms with Crippen LogP contribution in [0.25, 0.3) is 22.8 Å². The average Bonchev–Trinajstić information content (AvgIpc) is 2.78. The molecule has 0 aliphatic rings. The number of ether oxygens (including phenoxy) is 1. The molecule has 1 N–H and O–H groups in total. The van der Waals surface area contributed by atoms with E-state index in [-0.39, 0.29) is 5.75 Å². The van der Waals surface area contributed by atoms with Crippen molar-refractivity contribution in [3.05, 3.63) is 53.9 Å². The van der Waals surface area contributed by atoms with Gasteiger partial charge in [0.15, 0.2) is 11.6 Å². The van der Waals surface area contributed by atoms with Gasteiger partial charge < -0.3 is 9.84 Å². The molecule has 0 aliphatic heterocycles. The quantitative estimate of drug-likeness (QED) is 0.419. The van der Waals surface area contributed by atoms with E-state index < -0.39 is 0 Å². The molecule has 3 rings (SSSR count). The minimum atomic E-state index is 0.107. The van der Waals surface area contributed by atoms with Crippen molar-refractivity contribution in [3.8, 4) is 34.3 Å². The van der Waals surface area contributed by atoms with Crippen LogP contribution in [0.1, 0.15) is 57.6 Å².